The van der Waals surface area contributed by atoms with Crippen LogP contribution in [-0.4, -0.2) is 42.0 Å². The van der Waals surface area contributed by atoms with E-state index in [1.807, 2.05) is 65.6 Å². The summed E-state index contributed by atoms with van der Waals surface area (Å²) in [5.74, 6) is 1.14. The zero-order valence-electron chi connectivity index (χ0n) is 20.0. The van der Waals surface area contributed by atoms with E-state index in [4.69, 9.17) is 9.72 Å². The van der Waals surface area contributed by atoms with Gasteiger partial charge in [0.2, 0.25) is 0 Å². The summed E-state index contributed by atoms with van der Waals surface area (Å²) in [5.41, 5.74) is 2.72. The lowest BCUT2D eigenvalue weighted by Gasteiger charge is -2.25. The van der Waals surface area contributed by atoms with Crippen molar-refractivity contribution in [3.05, 3.63) is 83.9 Å². The van der Waals surface area contributed by atoms with E-state index in [0.717, 1.165) is 41.4 Å². The van der Waals surface area contributed by atoms with Crippen molar-refractivity contribution in [1.29, 1.82) is 0 Å². The summed E-state index contributed by atoms with van der Waals surface area (Å²) in [6.07, 6.45) is 0.970. The molecule has 6 heteroatoms. The minimum absolute atomic E-state index is 0.103. The second-order valence-electron chi connectivity index (χ2n) is 8.05. The molecule has 0 radical (unpaired) electrons. The highest BCUT2D eigenvalue weighted by atomic mass is 32.1. The summed E-state index contributed by atoms with van der Waals surface area (Å²) in [4.78, 5) is 22.9. The summed E-state index contributed by atoms with van der Waals surface area (Å²) >= 11 is 1.57. The average Bonchev–Trinajstić information content (AvgIpc) is 3.30. The van der Waals surface area contributed by atoms with Gasteiger partial charge in [-0.25, -0.2) is 4.98 Å². The highest BCUT2D eigenvalue weighted by Gasteiger charge is 2.24. The number of nitrogens with zero attached hydrogens (tertiary/aromatic N) is 3. The molecular formula is C28H31N3O2S. The van der Waals surface area contributed by atoms with Crippen LogP contribution in [0.1, 0.15) is 36.7 Å². The van der Waals surface area contributed by atoms with E-state index in [1.54, 1.807) is 11.3 Å². The van der Waals surface area contributed by atoms with Crippen molar-refractivity contribution in [3.63, 3.8) is 0 Å². The Bertz CT molecular complexity index is 1230. The van der Waals surface area contributed by atoms with E-state index in [0.29, 0.717) is 23.6 Å². The number of anilines is 1. The number of thiazole rings is 1. The number of carbonyl (C=O) groups excluding carboxylic acids is 1. The number of ether oxygens (including phenoxy) is 1. The lowest BCUT2D eigenvalue weighted by atomic mass is 10.1. The maximum absolute atomic E-state index is 13.9. The number of likely N-dealkylation sites (N-methyl/N-ethyl adjacent to an activating group) is 1. The van der Waals surface area contributed by atoms with Gasteiger partial charge in [0.25, 0.3) is 5.91 Å². The zero-order valence-corrected chi connectivity index (χ0v) is 20.8. The molecule has 0 bridgehead atoms. The molecule has 0 atom stereocenters. The highest BCUT2D eigenvalue weighted by Crippen LogP contribution is 2.33. The molecule has 4 rings (SSSR count). The fourth-order valence-corrected chi connectivity index (χ4v) is 4.90. The second-order valence-corrected chi connectivity index (χ2v) is 9.06. The number of hydrogen-bond acceptors (Lipinski definition) is 5. The number of aryl methyl sites for hydroxylation is 1. The molecule has 0 saturated heterocycles. The largest absolute Gasteiger partial charge is 0.457 e. The van der Waals surface area contributed by atoms with E-state index in [1.165, 1.54) is 5.56 Å². The summed E-state index contributed by atoms with van der Waals surface area (Å²) in [5, 5.41) is 0.718. The summed E-state index contributed by atoms with van der Waals surface area (Å²) < 4.78 is 7.20. The van der Waals surface area contributed by atoms with Crippen molar-refractivity contribution in [2.75, 3.05) is 31.1 Å². The minimum Gasteiger partial charge on any atom is -0.457 e. The normalized spacial score (nSPS) is 11.2. The molecule has 0 aliphatic rings. The van der Waals surface area contributed by atoms with Gasteiger partial charge in [0.1, 0.15) is 11.5 Å². The monoisotopic (exact) mass is 473 g/mol. The van der Waals surface area contributed by atoms with Crippen LogP contribution in [-0.2, 0) is 6.42 Å². The van der Waals surface area contributed by atoms with E-state index in [9.17, 15) is 4.79 Å². The molecule has 0 spiro atoms. The summed E-state index contributed by atoms with van der Waals surface area (Å²) in [6.45, 7) is 9.63. The predicted octanol–water partition coefficient (Wildman–Crippen LogP) is 6.64. The van der Waals surface area contributed by atoms with Crippen molar-refractivity contribution in [1.82, 2.24) is 9.88 Å². The maximum atomic E-state index is 13.9. The molecule has 1 amide bonds. The van der Waals surface area contributed by atoms with E-state index in [-0.39, 0.29) is 5.91 Å². The van der Waals surface area contributed by atoms with Crippen molar-refractivity contribution in [2.45, 2.75) is 27.2 Å². The Labute approximate surface area is 205 Å². The van der Waals surface area contributed by atoms with E-state index < -0.39 is 0 Å². The van der Waals surface area contributed by atoms with Crippen LogP contribution in [0.4, 0.5) is 5.13 Å². The number of carbonyl (C=O) groups is 1. The van der Waals surface area contributed by atoms with Gasteiger partial charge in [0.05, 0.1) is 15.8 Å². The zero-order chi connectivity index (χ0) is 23.9. The van der Waals surface area contributed by atoms with Crippen LogP contribution >= 0.6 is 11.3 Å². The van der Waals surface area contributed by atoms with Crippen molar-refractivity contribution >= 4 is 32.6 Å². The van der Waals surface area contributed by atoms with Gasteiger partial charge < -0.3 is 9.64 Å². The van der Waals surface area contributed by atoms with Crippen LogP contribution < -0.4 is 9.64 Å². The molecule has 176 valence electrons. The Morgan fingerprint density at radius 3 is 2.38 bits per heavy atom. The molecule has 0 N–H and O–H groups in total. The van der Waals surface area contributed by atoms with Crippen LogP contribution in [0.5, 0.6) is 11.5 Å². The summed E-state index contributed by atoms with van der Waals surface area (Å²) in [6, 6.07) is 23.3. The first-order valence-electron chi connectivity index (χ1n) is 11.9. The lowest BCUT2D eigenvalue weighted by Crippen LogP contribution is -2.39. The Morgan fingerprint density at radius 2 is 1.65 bits per heavy atom. The van der Waals surface area contributed by atoms with Gasteiger partial charge in [0, 0.05) is 13.1 Å². The average molecular weight is 474 g/mol. The van der Waals surface area contributed by atoms with Gasteiger partial charge >= 0.3 is 0 Å². The van der Waals surface area contributed by atoms with Crippen molar-refractivity contribution in [3.8, 4) is 11.5 Å². The standard InChI is InChI=1S/C28H31N3O2S/c1-4-21-16-17-24-26(20-21)34-28(29-24)31(19-18-30(5-2)6-3)27(32)23-14-10-11-15-25(23)33-22-12-8-7-9-13-22/h7-17,20H,4-6,18-19H2,1-3H3. The molecule has 4 aromatic rings. The Kier molecular flexibility index (Phi) is 7.93. The topological polar surface area (TPSA) is 45.7 Å². The molecule has 0 unspecified atom stereocenters. The molecule has 34 heavy (non-hydrogen) atoms. The lowest BCUT2D eigenvalue weighted by molar-refractivity contribution is 0.0981. The molecule has 0 aliphatic carbocycles. The molecule has 3 aromatic carbocycles. The minimum atomic E-state index is -0.103. The molecule has 0 aliphatic heterocycles. The Morgan fingerprint density at radius 1 is 0.912 bits per heavy atom. The quantitative estimate of drug-likeness (QED) is 0.259. The number of benzene rings is 3. The van der Waals surface area contributed by atoms with Crippen LogP contribution in [0.25, 0.3) is 10.2 Å². The number of aromatic nitrogens is 1. The number of amides is 1. The van der Waals surface area contributed by atoms with Gasteiger partial charge in [-0.15, -0.1) is 0 Å². The smallest absolute Gasteiger partial charge is 0.263 e. The first-order valence-corrected chi connectivity index (χ1v) is 12.7. The van der Waals surface area contributed by atoms with Crippen LogP contribution in [0.15, 0.2) is 72.8 Å². The van der Waals surface area contributed by atoms with Crippen LogP contribution in [0.2, 0.25) is 0 Å². The third-order valence-corrected chi connectivity index (χ3v) is 6.99. The number of fused-ring (bicyclic) bond motifs is 1. The number of rotatable bonds is 10. The first kappa shape index (κ1) is 23.9. The Hall–Kier alpha value is -3.22. The molecule has 5 nitrogen and oxygen atoms in total. The van der Waals surface area contributed by atoms with Crippen LogP contribution in [0, 0.1) is 0 Å². The molecule has 0 saturated carbocycles. The van der Waals surface area contributed by atoms with Crippen molar-refractivity contribution in [2.24, 2.45) is 0 Å². The third kappa shape index (κ3) is 5.46. The second kappa shape index (κ2) is 11.3. The molecular weight excluding hydrogens is 442 g/mol. The third-order valence-electron chi connectivity index (χ3n) is 5.95. The van der Waals surface area contributed by atoms with Gasteiger partial charge in [-0.1, -0.05) is 68.5 Å². The summed E-state index contributed by atoms with van der Waals surface area (Å²) in [7, 11) is 0. The first-order chi connectivity index (χ1) is 16.6. The SMILES string of the molecule is CCc1ccc2nc(N(CCN(CC)CC)C(=O)c3ccccc3Oc3ccccc3)sc2c1. The fraction of sp³-hybridized carbons (Fsp3) is 0.286. The van der Waals surface area contributed by atoms with Gasteiger partial charge in [-0.3, -0.25) is 9.69 Å². The van der Waals surface area contributed by atoms with Gasteiger partial charge in [0.15, 0.2) is 5.13 Å². The van der Waals surface area contributed by atoms with E-state index in [2.05, 4.69) is 37.8 Å². The predicted molar refractivity (Wildman–Crippen MR) is 141 cm³/mol. The van der Waals surface area contributed by atoms with E-state index >= 15 is 0 Å². The van der Waals surface area contributed by atoms with Gasteiger partial charge in [-0.05, 0) is 61.5 Å². The molecule has 0 fully saturated rings. The van der Waals surface area contributed by atoms with Crippen molar-refractivity contribution < 1.29 is 9.53 Å². The number of para-hydroxylation sites is 2. The maximum Gasteiger partial charge on any atom is 0.263 e. The fourth-order valence-electron chi connectivity index (χ4n) is 3.85. The molecule has 1 aromatic heterocycles. The Balaban J connectivity index is 1.70. The number of hydrogen-bond donors (Lipinski definition) is 0. The van der Waals surface area contributed by atoms with Gasteiger partial charge in [-0.2, -0.15) is 0 Å². The highest BCUT2D eigenvalue weighted by molar-refractivity contribution is 7.22. The molecule has 1 heterocycles. The van der Waals surface area contributed by atoms with Crippen LogP contribution in [0.3, 0.4) is 0 Å².